The number of carbonyl (C=O) groups is 3. The van der Waals surface area contributed by atoms with Crippen molar-refractivity contribution in [1.29, 1.82) is 0 Å². The molecular weight excluding hydrogens is 258 g/mol. The summed E-state index contributed by atoms with van der Waals surface area (Å²) < 4.78 is 0. The van der Waals surface area contributed by atoms with Crippen molar-refractivity contribution < 1.29 is 14.4 Å². The first-order chi connectivity index (χ1) is 9.60. The van der Waals surface area contributed by atoms with Crippen LogP contribution in [0.1, 0.15) is 30.4 Å². The van der Waals surface area contributed by atoms with Gasteiger partial charge in [0.05, 0.1) is 13.0 Å². The predicted octanol–water partition coefficient (Wildman–Crippen LogP) is 0.258. The summed E-state index contributed by atoms with van der Waals surface area (Å²) in [4.78, 5) is 35.8. The zero-order valence-corrected chi connectivity index (χ0v) is 11.1. The smallest absolute Gasteiger partial charge is 0.238 e. The minimum absolute atomic E-state index is 0.118. The van der Waals surface area contributed by atoms with E-state index < -0.39 is 0 Å². The molecule has 0 bridgehead atoms. The van der Waals surface area contributed by atoms with E-state index in [9.17, 15) is 14.4 Å². The van der Waals surface area contributed by atoms with Gasteiger partial charge in [-0.05, 0) is 17.5 Å². The second-order valence-electron chi connectivity index (χ2n) is 4.79. The molecule has 1 saturated heterocycles. The van der Waals surface area contributed by atoms with Crippen LogP contribution < -0.4 is 11.3 Å². The second-order valence-corrected chi connectivity index (χ2v) is 4.79. The molecule has 6 heteroatoms. The molecule has 3 N–H and O–H groups in total. The van der Waals surface area contributed by atoms with Crippen molar-refractivity contribution in [3.05, 3.63) is 35.4 Å². The Bertz CT molecular complexity index is 509. The number of benzene rings is 1. The number of carbonyl (C=O) groups excluding carboxylic acids is 3. The van der Waals surface area contributed by atoms with Gasteiger partial charge in [0, 0.05) is 12.8 Å². The minimum Gasteiger partial charge on any atom is -0.294 e. The lowest BCUT2D eigenvalue weighted by Gasteiger charge is -2.24. The van der Waals surface area contributed by atoms with Gasteiger partial charge in [-0.15, -0.1) is 0 Å². The molecule has 0 aliphatic carbocycles. The molecule has 1 aromatic carbocycles. The quantitative estimate of drug-likeness (QED) is 0.357. The third kappa shape index (κ3) is 3.42. The molecule has 2 rings (SSSR count). The number of hydrazine groups is 1. The first-order valence-electron chi connectivity index (χ1n) is 6.50. The maximum absolute atomic E-state index is 11.7. The van der Waals surface area contributed by atoms with Crippen LogP contribution in [0.3, 0.4) is 0 Å². The highest BCUT2D eigenvalue weighted by Crippen LogP contribution is 2.16. The number of nitrogens with two attached hydrogens (primary N) is 1. The third-order valence-corrected chi connectivity index (χ3v) is 3.27. The Morgan fingerprint density at radius 2 is 1.65 bits per heavy atom. The summed E-state index contributed by atoms with van der Waals surface area (Å²) in [6.45, 7) is 0.293. The maximum Gasteiger partial charge on any atom is 0.238 e. The predicted molar refractivity (Wildman–Crippen MR) is 71.9 cm³/mol. The number of hydrogen-bond acceptors (Lipinski definition) is 4. The number of piperidine rings is 1. The fraction of sp³-hybridized carbons (Fsp3) is 0.357. The molecule has 0 aromatic heterocycles. The van der Waals surface area contributed by atoms with Crippen LogP contribution in [0.2, 0.25) is 0 Å². The first-order valence-corrected chi connectivity index (χ1v) is 6.50. The summed E-state index contributed by atoms with van der Waals surface area (Å²) in [6.07, 6.45) is 1.71. The molecule has 0 unspecified atom stereocenters. The van der Waals surface area contributed by atoms with Crippen molar-refractivity contribution in [2.75, 3.05) is 0 Å². The number of nitrogens with zero attached hydrogens (tertiary/aromatic N) is 1. The normalized spacial score (nSPS) is 15.3. The summed E-state index contributed by atoms with van der Waals surface area (Å²) in [5, 5.41) is 0. The Labute approximate surface area is 116 Å². The van der Waals surface area contributed by atoms with E-state index in [1.807, 2.05) is 12.1 Å². The molecule has 0 atom stereocenters. The van der Waals surface area contributed by atoms with Crippen molar-refractivity contribution in [3.8, 4) is 0 Å². The van der Waals surface area contributed by atoms with Gasteiger partial charge < -0.3 is 0 Å². The molecule has 0 saturated carbocycles. The van der Waals surface area contributed by atoms with E-state index in [0.717, 1.165) is 11.1 Å². The van der Waals surface area contributed by atoms with Crippen LogP contribution in [-0.2, 0) is 27.3 Å². The van der Waals surface area contributed by atoms with Crippen molar-refractivity contribution >= 4 is 17.7 Å². The van der Waals surface area contributed by atoms with E-state index in [4.69, 9.17) is 5.84 Å². The topological polar surface area (TPSA) is 92.5 Å². The molecule has 1 heterocycles. The first kappa shape index (κ1) is 14.2. The summed E-state index contributed by atoms with van der Waals surface area (Å²) in [6, 6.07) is 7.22. The monoisotopic (exact) mass is 275 g/mol. The third-order valence-electron chi connectivity index (χ3n) is 3.27. The van der Waals surface area contributed by atoms with Gasteiger partial charge in [0.15, 0.2) is 0 Å². The van der Waals surface area contributed by atoms with Gasteiger partial charge in [-0.2, -0.15) is 0 Å². The van der Waals surface area contributed by atoms with Crippen molar-refractivity contribution in [2.45, 2.75) is 32.2 Å². The van der Waals surface area contributed by atoms with Gasteiger partial charge in [-0.1, -0.05) is 24.3 Å². The van der Waals surface area contributed by atoms with E-state index in [1.165, 1.54) is 4.90 Å². The lowest BCUT2D eigenvalue weighted by atomic mass is 10.1. The molecule has 6 nitrogen and oxygen atoms in total. The maximum atomic E-state index is 11.7. The number of rotatable bonds is 4. The number of nitrogens with one attached hydrogen (secondary N) is 1. The average Bonchev–Trinajstić information content (AvgIpc) is 2.44. The van der Waals surface area contributed by atoms with Crippen LogP contribution in [-0.4, -0.2) is 22.6 Å². The van der Waals surface area contributed by atoms with E-state index in [0.29, 0.717) is 25.8 Å². The van der Waals surface area contributed by atoms with Crippen molar-refractivity contribution in [1.82, 2.24) is 10.3 Å². The zero-order chi connectivity index (χ0) is 14.5. The highest BCUT2D eigenvalue weighted by atomic mass is 16.2. The van der Waals surface area contributed by atoms with Gasteiger partial charge in [0.1, 0.15) is 0 Å². The Hall–Kier alpha value is -2.21. The highest BCUT2D eigenvalue weighted by molar-refractivity contribution is 5.97. The van der Waals surface area contributed by atoms with Gasteiger partial charge in [0.2, 0.25) is 17.7 Å². The van der Waals surface area contributed by atoms with Crippen LogP contribution in [0, 0.1) is 0 Å². The lowest BCUT2D eigenvalue weighted by molar-refractivity contribution is -0.148. The molecule has 1 aromatic rings. The molecule has 1 fully saturated rings. The molecule has 3 amide bonds. The van der Waals surface area contributed by atoms with Gasteiger partial charge >= 0.3 is 0 Å². The van der Waals surface area contributed by atoms with Gasteiger partial charge in [0.25, 0.3) is 0 Å². The summed E-state index contributed by atoms with van der Waals surface area (Å²) in [5.41, 5.74) is 3.76. The van der Waals surface area contributed by atoms with Crippen LogP contribution in [0.15, 0.2) is 24.3 Å². The standard InChI is InChI=1S/C14H17N3O3/c15-16-12(18)8-10-4-6-11(7-5-10)9-17-13(19)2-1-3-14(17)20/h4-7H,1-3,8-9,15H2,(H,16,18). The van der Waals surface area contributed by atoms with Crippen LogP contribution in [0.4, 0.5) is 0 Å². The SMILES string of the molecule is NNC(=O)Cc1ccc(CN2C(=O)CCCC2=O)cc1. The van der Waals surface area contributed by atoms with E-state index in [1.54, 1.807) is 12.1 Å². The van der Waals surface area contributed by atoms with Crippen molar-refractivity contribution in [2.24, 2.45) is 5.84 Å². The molecule has 20 heavy (non-hydrogen) atoms. The summed E-state index contributed by atoms with van der Waals surface area (Å²) in [5.74, 6) is 4.52. The Kier molecular flexibility index (Phi) is 4.47. The Morgan fingerprint density at radius 3 is 2.20 bits per heavy atom. The summed E-state index contributed by atoms with van der Waals surface area (Å²) >= 11 is 0. The van der Waals surface area contributed by atoms with E-state index >= 15 is 0 Å². The van der Waals surface area contributed by atoms with E-state index in [-0.39, 0.29) is 24.1 Å². The number of amides is 3. The zero-order valence-electron chi connectivity index (χ0n) is 11.1. The number of imide groups is 1. The molecule has 0 spiro atoms. The fourth-order valence-corrected chi connectivity index (χ4v) is 2.16. The number of likely N-dealkylation sites (tertiary alicyclic amines) is 1. The molecular formula is C14H17N3O3. The van der Waals surface area contributed by atoms with Crippen LogP contribution in [0.25, 0.3) is 0 Å². The molecule has 1 aliphatic heterocycles. The molecule has 0 radical (unpaired) electrons. The van der Waals surface area contributed by atoms with Gasteiger partial charge in [-0.25, -0.2) is 5.84 Å². The second kappa shape index (κ2) is 6.29. The lowest BCUT2D eigenvalue weighted by Crippen LogP contribution is -2.39. The molecule has 106 valence electrons. The highest BCUT2D eigenvalue weighted by Gasteiger charge is 2.25. The fourth-order valence-electron chi connectivity index (χ4n) is 2.16. The summed E-state index contributed by atoms with van der Waals surface area (Å²) in [7, 11) is 0. The molecule has 1 aliphatic rings. The number of hydrogen-bond donors (Lipinski definition) is 2. The van der Waals surface area contributed by atoms with Crippen LogP contribution >= 0.6 is 0 Å². The largest absolute Gasteiger partial charge is 0.294 e. The average molecular weight is 275 g/mol. The van der Waals surface area contributed by atoms with E-state index in [2.05, 4.69) is 5.43 Å². The van der Waals surface area contributed by atoms with Crippen LogP contribution in [0.5, 0.6) is 0 Å². The minimum atomic E-state index is -0.265. The Morgan fingerprint density at radius 1 is 1.10 bits per heavy atom. The Balaban J connectivity index is 2.01. The van der Waals surface area contributed by atoms with Crippen molar-refractivity contribution in [3.63, 3.8) is 0 Å². The van der Waals surface area contributed by atoms with Gasteiger partial charge in [-0.3, -0.25) is 24.7 Å².